The van der Waals surface area contributed by atoms with Crippen molar-refractivity contribution in [3.63, 3.8) is 0 Å². The number of nitrogens with zero attached hydrogens (tertiary/aromatic N) is 3. The molecule has 8 heteroatoms. The molecular formula is C22H23BrN4O2S. The predicted molar refractivity (Wildman–Crippen MR) is 124 cm³/mol. The second-order valence-corrected chi connectivity index (χ2v) is 8.56. The van der Waals surface area contributed by atoms with Crippen LogP contribution >= 0.6 is 27.7 Å². The van der Waals surface area contributed by atoms with E-state index in [2.05, 4.69) is 38.0 Å². The van der Waals surface area contributed by atoms with Gasteiger partial charge in [-0.2, -0.15) is 0 Å². The highest BCUT2D eigenvalue weighted by atomic mass is 79.9. The van der Waals surface area contributed by atoms with Crippen molar-refractivity contribution >= 4 is 39.3 Å². The van der Waals surface area contributed by atoms with Crippen LogP contribution in [0.15, 0.2) is 64.7 Å². The number of halogens is 1. The first kappa shape index (κ1) is 22.1. The number of thioether (sulfide) groups is 1. The molecule has 3 rings (SSSR count). The van der Waals surface area contributed by atoms with E-state index in [1.54, 1.807) is 6.08 Å². The number of rotatable bonds is 9. The maximum atomic E-state index is 12.4. The van der Waals surface area contributed by atoms with Crippen LogP contribution in [0, 0.1) is 13.8 Å². The number of benzene rings is 2. The highest BCUT2D eigenvalue weighted by Gasteiger charge is 2.14. The number of nitrogens with one attached hydrogen (secondary N) is 1. The van der Waals surface area contributed by atoms with Gasteiger partial charge in [-0.3, -0.25) is 9.36 Å². The number of carbonyl (C=O) groups is 1. The number of allylic oxidation sites excluding steroid dienone is 1. The molecule has 0 saturated carbocycles. The zero-order valence-corrected chi connectivity index (χ0v) is 19.3. The fourth-order valence-electron chi connectivity index (χ4n) is 2.78. The smallest absolute Gasteiger partial charge is 0.234 e. The molecule has 2 aromatic carbocycles. The van der Waals surface area contributed by atoms with Crippen molar-refractivity contribution in [3.05, 3.63) is 76.5 Å². The van der Waals surface area contributed by atoms with E-state index in [0.29, 0.717) is 17.5 Å². The van der Waals surface area contributed by atoms with Crippen molar-refractivity contribution in [2.45, 2.75) is 32.2 Å². The molecular weight excluding hydrogens is 464 g/mol. The third-order valence-electron chi connectivity index (χ3n) is 4.26. The molecule has 0 aliphatic carbocycles. The second kappa shape index (κ2) is 10.4. The Labute approximate surface area is 188 Å². The zero-order valence-electron chi connectivity index (χ0n) is 16.9. The van der Waals surface area contributed by atoms with Crippen molar-refractivity contribution in [2.75, 3.05) is 11.1 Å². The normalized spacial score (nSPS) is 10.6. The number of aryl methyl sites for hydroxylation is 2. The number of hydrogen-bond donors (Lipinski definition) is 1. The molecule has 0 atom stereocenters. The summed E-state index contributed by atoms with van der Waals surface area (Å²) in [4.78, 5) is 12.4. The Kier molecular flexibility index (Phi) is 7.70. The molecule has 0 aliphatic rings. The zero-order chi connectivity index (χ0) is 21.5. The summed E-state index contributed by atoms with van der Waals surface area (Å²) in [6.45, 7) is 8.60. The Morgan fingerprint density at radius 1 is 1.27 bits per heavy atom. The summed E-state index contributed by atoms with van der Waals surface area (Å²) in [5.41, 5.74) is 2.92. The summed E-state index contributed by atoms with van der Waals surface area (Å²) in [6.07, 6.45) is 1.77. The minimum absolute atomic E-state index is 0.101. The van der Waals surface area contributed by atoms with Gasteiger partial charge in [0, 0.05) is 16.7 Å². The lowest BCUT2D eigenvalue weighted by molar-refractivity contribution is -0.113. The molecule has 0 fully saturated rings. The van der Waals surface area contributed by atoms with Gasteiger partial charge in [-0.05, 0) is 55.3 Å². The number of ether oxygens (including phenoxy) is 1. The third kappa shape index (κ3) is 5.96. The van der Waals surface area contributed by atoms with Crippen LogP contribution in [0.4, 0.5) is 5.69 Å². The Hall–Kier alpha value is -2.58. The van der Waals surface area contributed by atoms with Crippen LogP contribution in [-0.4, -0.2) is 26.4 Å². The minimum Gasteiger partial charge on any atom is -0.486 e. The van der Waals surface area contributed by atoms with Crippen molar-refractivity contribution in [2.24, 2.45) is 0 Å². The highest BCUT2D eigenvalue weighted by Crippen LogP contribution is 2.22. The standard InChI is InChI=1S/C22H23BrN4O2S/c1-4-10-27-20(13-29-18-7-5-6-15(2)11-18)25-26-22(27)30-14-21(28)24-19-9-8-17(23)12-16(19)3/h4-9,11-12H,1,10,13-14H2,2-3H3,(H,24,28). The SMILES string of the molecule is C=CCn1c(COc2cccc(C)c2)nnc1SCC(=O)Nc1ccc(Br)cc1C. The van der Waals surface area contributed by atoms with Gasteiger partial charge < -0.3 is 10.1 Å². The van der Waals surface area contributed by atoms with Gasteiger partial charge in [0.25, 0.3) is 0 Å². The molecule has 156 valence electrons. The minimum atomic E-state index is -0.101. The van der Waals surface area contributed by atoms with E-state index in [4.69, 9.17) is 4.74 Å². The van der Waals surface area contributed by atoms with Gasteiger partial charge in [0.05, 0.1) is 5.75 Å². The predicted octanol–water partition coefficient (Wildman–Crippen LogP) is 5.15. The molecule has 0 spiro atoms. The van der Waals surface area contributed by atoms with Gasteiger partial charge in [0.2, 0.25) is 5.91 Å². The maximum Gasteiger partial charge on any atom is 0.234 e. The van der Waals surface area contributed by atoms with E-state index in [9.17, 15) is 4.79 Å². The van der Waals surface area contributed by atoms with Crippen molar-refractivity contribution in [1.82, 2.24) is 14.8 Å². The van der Waals surface area contributed by atoms with Gasteiger partial charge in [0.1, 0.15) is 12.4 Å². The van der Waals surface area contributed by atoms with Gasteiger partial charge >= 0.3 is 0 Å². The van der Waals surface area contributed by atoms with Gasteiger partial charge in [-0.1, -0.05) is 45.9 Å². The van der Waals surface area contributed by atoms with Crippen molar-refractivity contribution in [1.29, 1.82) is 0 Å². The molecule has 0 bridgehead atoms. The van der Waals surface area contributed by atoms with E-state index < -0.39 is 0 Å². The molecule has 1 aromatic heterocycles. The lowest BCUT2D eigenvalue weighted by Gasteiger charge is -2.10. The summed E-state index contributed by atoms with van der Waals surface area (Å²) in [5, 5.41) is 12.1. The van der Waals surface area contributed by atoms with E-state index in [0.717, 1.165) is 27.0 Å². The maximum absolute atomic E-state index is 12.4. The summed E-state index contributed by atoms with van der Waals surface area (Å²) >= 11 is 4.76. The number of anilines is 1. The first-order valence-electron chi connectivity index (χ1n) is 9.37. The Morgan fingerprint density at radius 2 is 2.10 bits per heavy atom. The van der Waals surface area contributed by atoms with E-state index >= 15 is 0 Å². The summed E-state index contributed by atoms with van der Waals surface area (Å²) in [5.74, 6) is 1.59. The monoisotopic (exact) mass is 486 g/mol. The molecule has 0 radical (unpaired) electrons. The van der Waals surface area contributed by atoms with Crippen LogP contribution in [0.25, 0.3) is 0 Å². The van der Waals surface area contributed by atoms with E-state index in [1.807, 2.05) is 60.9 Å². The number of hydrogen-bond acceptors (Lipinski definition) is 5. The average molecular weight is 487 g/mol. The first-order chi connectivity index (χ1) is 14.5. The average Bonchev–Trinajstić information content (AvgIpc) is 3.09. The number of carbonyl (C=O) groups excluding carboxylic acids is 1. The first-order valence-corrected chi connectivity index (χ1v) is 11.2. The van der Waals surface area contributed by atoms with Crippen molar-refractivity contribution in [3.8, 4) is 5.75 Å². The molecule has 0 unspecified atom stereocenters. The van der Waals surface area contributed by atoms with E-state index in [-0.39, 0.29) is 18.3 Å². The lowest BCUT2D eigenvalue weighted by Crippen LogP contribution is -2.15. The quantitative estimate of drug-likeness (QED) is 0.334. The van der Waals surface area contributed by atoms with Crippen LogP contribution < -0.4 is 10.1 Å². The highest BCUT2D eigenvalue weighted by molar-refractivity contribution is 9.10. The molecule has 3 aromatic rings. The molecule has 1 N–H and O–H groups in total. The van der Waals surface area contributed by atoms with Crippen LogP contribution in [0.2, 0.25) is 0 Å². The topological polar surface area (TPSA) is 69.0 Å². The molecule has 1 amide bonds. The van der Waals surface area contributed by atoms with Gasteiger partial charge in [-0.25, -0.2) is 0 Å². The summed E-state index contributed by atoms with van der Waals surface area (Å²) in [7, 11) is 0. The van der Waals surface area contributed by atoms with E-state index in [1.165, 1.54) is 11.8 Å². The Bertz CT molecular complexity index is 1050. The number of aromatic nitrogens is 3. The second-order valence-electron chi connectivity index (χ2n) is 6.70. The molecule has 1 heterocycles. The fourth-order valence-corrected chi connectivity index (χ4v) is 4.02. The summed E-state index contributed by atoms with van der Waals surface area (Å²) < 4.78 is 8.74. The van der Waals surface area contributed by atoms with Crippen LogP contribution in [0.1, 0.15) is 17.0 Å². The lowest BCUT2D eigenvalue weighted by atomic mass is 10.2. The van der Waals surface area contributed by atoms with Crippen LogP contribution in [0.3, 0.4) is 0 Å². The Balaban J connectivity index is 1.62. The van der Waals surface area contributed by atoms with Gasteiger partial charge in [-0.15, -0.1) is 16.8 Å². The molecule has 30 heavy (non-hydrogen) atoms. The number of amides is 1. The third-order valence-corrected chi connectivity index (χ3v) is 5.72. The molecule has 0 aliphatic heterocycles. The Morgan fingerprint density at radius 3 is 2.83 bits per heavy atom. The largest absolute Gasteiger partial charge is 0.486 e. The molecule has 6 nitrogen and oxygen atoms in total. The summed E-state index contributed by atoms with van der Waals surface area (Å²) in [6, 6.07) is 13.6. The van der Waals surface area contributed by atoms with Crippen LogP contribution in [-0.2, 0) is 17.9 Å². The van der Waals surface area contributed by atoms with Gasteiger partial charge in [0.15, 0.2) is 11.0 Å². The van der Waals surface area contributed by atoms with Crippen LogP contribution in [0.5, 0.6) is 5.75 Å². The molecule has 0 saturated heterocycles. The van der Waals surface area contributed by atoms with Crippen molar-refractivity contribution < 1.29 is 9.53 Å². The fraction of sp³-hybridized carbons (Fsp3) is 0.227.